The van der Waals surface area contributed by atoms with Crippen LogP contribution in [0.4, 0.5) is 0 Å². The van der Waals surface area contributed by atoms with E-state index in [0.29, 0.717) is 37.5 Å². The van der Waals surface area contributed by atoms with Crippen LogP contribution in [-0.2, 0) is 23.9 Å². The van der Waals surface area contributed by atoms with E-state index in [1.165, 1.54) is 5.57 Å². The monoisotopic (exact) mass is 764 g/mol. The summed E-state index contributed by atoms with van der Waals surface area (Å²) in [6.45, 7) is 20.5. The first kappa shape index (κ1) is 41.6. The first-order valence-corrected chi connectivity index (χ1v) is 21.2. The smallest absolute Gasteiger partial charge is 0.306 e. The van der Waals surface area contributed by atoms with E-state index in [1.807, 2.05) is 39.8 Å². The summed E-state index contributed by atoms with van der Waals surface area (Å²) in [5.74, 6) is -0.388. The minimum atomic E-state index is -0.753. The number of ketones is 3. The van der Waals surface area contributed by atoms with Crippen molar-refractivity contribution >= 4 is 39.7 Å². The molecule has 0 amide bonds. The van der Waals surface area contributed by atoms with Crippen LogP contribution in [-0.4, -0.2) is 42.1 Å². The number of aryl methyl sites for hydroxylation is 1. The number of carbonyl (C=O) groups is 4. The van der Waals surface area contributed by atoms with Crippen molar-refractivity contribution in [3.63, 3.8) is 0 Å². The topological polar surface area (TPSA) is 96.0 Å². The summed E-state index contributed by atoms with van der Waals surface area (Å²) in [6, 6.07) is 8.36. The molecule has 4 aliphatic carbocycles. The molecular formula is C49H64O7. The van der Waals surface area contributed by atoms with E-state index in [0.717, 1.165) is 71.7 Å². The van der Waals surface area contributed by atoms with Crippen molar-refractivity contribution in [2.45, 2.75) is 138 Å². The number of carbonyl (C=O) groups excluding carboxylic acids is 4. The van der Waals surface area contributed by atoms with Gasteiger partial charge in [0, 0.05) is 35.0 Å². The Morgan fingerprint density at radius 2 is 1.70 bits per heavy atom. The molecule has 6 atom stereocenters. The Bertz CT molecular complexity index is 1920. The van der Waals surface area contributed by atoms with Gasteiger partial charge in [-0.3, -0.25) is 19.2 Å². The number of ether oxygens (including phenoxy) is 3. The molecule has 2 aromatic carbocycles. The normalized spacial score (nSPS) is 25.5. The Morgan fingerprint density at radius 3 is 2.32 bits per heavy atom. The zero-order valence-corrected chi connectivity index (χ0v) is 35.1. The summed E-state index contributed by atoms with van der Waals surface area (Å²) in [5.41, 5.74) is 3.37. The Kier molecular flexibility index (Phi) is 12.5. The zero-order chi connectivity index (χ0) is 40.5. The minimum Gasteiger partial charge on any atom is -0.494 e. The quantitative estimate of drug-likeness (QED) is 0.117. The highest BCUT2D eigenvalue weighted by molar-refractivity contribution is 5.98. The Hall–Kier alpha value is -4.00. The van der Waals surface area contributed by atoms with Gasteiger partial charge in [-0.15, -0.1) is 6.58 Å². The van der Waals surface area contributed by atoms with Gasteiger partial charge < -0.3 is 14.2 Å². The molecule has 0 N–H and O–H groups in total. The largest absolute Gasteiger partial charge is 0.494 e. The van der Waals surface area contributed by atoms with Gasteiger partial charge in [-0.25, -0.2) is 0 Å². The second kappa shape index (κ2) is 16.8. The van der Waals surface area contributed by atoms with Crippen molar-refractivity contribution in [2.24, 2.45) is 40.4 Å². The number of allylic oxidation sites excluding steroid dienone is 5. The third-order valence-electron chi connectivity index (χ3n) is 13.1. The second-order valence-electron chi connectivity index (χ2n) is 18.7. The molecular weight excluding hydrogens is 701 g/mol. The lowest BCUT2D eigenvalue weighted by atomic mass is 9.70. The molecule has 3 fully saturated rings. The molecule has 302 valence electrons. The molecule has 6 rings (SSSR count). The van der Waals surface area contributed by atoms with E-state index < -0.39 is 34.7 Å². The summed E-state index contributed by atoms with van der Waals surface area (Å²) in [4.78, 5) is 55.6. The molecule has 0 heterocycles. The average molecular weight is 765 g/mol. The summed E-state index contributed by atoms with van der Waals surface area (Å²) in [5, 5.41) is 1.98. The maximum Gasteiger partial charge on any atom is 0.306 e. The zero-order valence-electron chi connectivity index (χ0n) is 35.1. The van der Waals surface area contributed by atoms with E-state index in [4.69, 9.17) is 14.2 Å². The van der Waals surface area contributed by atoms with Crippen LogP contribution < -0.4 is 9.47 Å². The molecule has 3 saturated carbocycles. The van der Waals surface area contributed by atoms with Crippen LogP contribution in [0.2, 0.25) is 0 Å². The Morgan fingerprint density at radius 1 is 0.982 bits per heavy atom. The fraction of sp³-hybridized carbons (Fsp3) is 0.592. The maximum absolute atomic E-state index is 14.9. The number of hydrogen-bond acceptors (Lipinski definition) is 7. The molecule has 2 aromatic rings. The van der Waals surface area contributed by atoms with Crippen LogP contribution in [0.1, 0.15) is 130 Å². The third-order valence-corrected chi connectivity index (χ3v) is 13.1. The number of Topliss-reactive ketones (excluding diaryl/α,β-unsaturated/α-hetero) is 3. The highest BCUT2D eigenvalue weighted by Gasteiger charge is 2.59. The first-order chi connectivity index (χ1) is 26.5. The number of esters is 1. The molecule has 7 nitrogen and oxygen atoms in total. The molecule has 6 unspecified atom stereocenters. The second-order valence-corrected chi connectivity index (χ2v) is 18.7. The van der Waals surface area contributed by atoms with Gasteiger partial charge in [-0.1, -0.05) is 58.4 Å². The lowest BCUT2D eigenvalue weighted by Crippen LogP contribution is -2.39. The van der Waals surface area contributed by atoms with Crippen LogP contribution in [0, 0.1) is 47.3 Å². The Labute approximate surface area is 334 Å². The van der Waals surface area contributed by atoms with Crippen LogP contribution in [0.25, 0.3) is 16.3 Å². The molecule has 0 saturated heterocycles. The highest BCUT2D eigenvalue weighted by Crippen LogP contribution is 2.58. The van der Waals surface area contributed by atoms with E-state index in [1.54, 1.807) is 13.0 Å². The van der Waals surface area contributed by atoms with Crippen molar-refractivity contribution in [1.29, 1.82) is 0 Å². The summed E-state index contributed by atoms with van der Waals surface area (Å²) in [6.07, 6.45) is 13.0. The molecule has 7 heteroatoms. The number of fused-ring (bicyclic) bond motifs is 1. The van der Waals surface area contributed by atoms with E-state index in [-0.39, 0.29) is 48.2 Å². The van der Waals surface area contributed by atoms with Crippen molar-refractivity contribution in [1.82, 2.24) is 0 Å². The Balaban J connectivity index is 1.34. The molecule has 0 aliphatic heterocycles. The van der Waals surface area contributed by atoms with Crippen LogP contribution >= 0.6 is 0 Å². The molecule has 0 spiro atoms. The lowest BCUT2D eigenvalue weighted by molar-refractivity contribution is -0.154. The van der Waals surface area contributed by atoms with Gasteiger partial charge in [0.1, 0.15) is 41.1 Å². The fourth-order valence-corrected chi connectivity index (χ4v) is 9.80. The van der Waals surface area contributed by atoms with Crippen molar-refractivity contribution in [2.75, 3.05) is 6.61 Å². The molecule has 56 heavy (non-hydrogen) atoms. The van der Waals surface area contributed by atoms with Crippen LogP contribution in [0.5, 0.6) is 11.5 Å². The average Bonchev–Trinajstić information content (AvgIpc) is 3.54. The van der Waals surface area contributed by atoms with E-state index >= 15 is 0 Å². The number of benzene rings is 2. The summed E-state index contributed by atoms with van der Waals surface area (Å²) in [7, 11) is 0. The first-order valence-electron chi connectivity index (χ1n) is 21.2. The van der Waals surface area contributed by atoms with Crippen LogP contribution in [0.15, 0.2) is 54.6 Å². The predicted octanol–water partition coefficient (Wildman–Crippen LogP) is 10.9. The van der Waals surface area contributed by atoms with E-state index in [9.17, 15) is 19.2 Å². The molecule has 0 aromatic heterocycles. The number of hydrogen-bond donors (Lipinski definition) is 0. The fourth-order valence-electron chi connectivity index (χ4n) is 9.80. The van der Waals surface area contributed by atoms with Crippen molar-refractivity contribution in [3.05, 3.63) is 65.8 Å². The lowest BCUT2D eigenvalue weighted by Gasteiger charge is -2.32. The van der Waals surface area contributed by atoms with Gasteiger partial charge >= 0.3 is 5.97 Å². The standard InChI is InChI=1S/C49H64O7/c1-10-35-27-49(35,31(6)50)28-43(51)40-24-37(25-41(40)47(53)42(48(7,8)9)26-46(52)56-36-14-12-13-15-36)55-45-23-34(33-17-16-32(21-33)20-29(3)4)22-39-30(5)44(54-11-2)19-18-38(39)45/h10,17-19,21-23,29,35-37,40-42H,1,11-16,20,24-28H2,2-9H3. The van der Waals surface area contributed by atoms with Gasteiger partial charge in [0.15, 0.2) is 0 Å². The third kappa shape index (κ3) is 8.92. The molecule has 0 bridgehead atoms. The van der Waals surface area contributed by atoms with E-state index in [2.05, 4.69) is 51.6 Å². The maximum atomic E-state index is 14.9. The van der Waals surface area contributed by atoms with Crippen molar-refractivity contribution < 1.29 is 33.4 Å². The SMILES string of the molecule is C=CC1CC1(CC(=O)C1CC(Oc2cc(C3=CCC(CC(C)C)=C3)cc3c(C)c(OCC)ccc23)CC1C(=O)C(CC(=O)OC1CCCC1)C(C)(C)C)C(C)=O. The van der Waals surface area contributed by atoms with Gasteiger partial charge in [-0.05, 0) is 142 Å². The van der Waals surface area contributed by atoms with Gasteiger partial charge in [0.2, 0.25) is 0 Å². The minimum absolute atomic E-state index is 0.0106. The molecule has 4 aliphatic rings. The summed E-state index contributed by atoms with van der Waals surface area (Å²) < 4.78 is 18.9. The van der Waals surface area contributed by atoms with Crippen LogP contribution in [0.3, 0.4) is 0 Å². The molecule has 0 radical (unpaired) electrons. The van der Waals surface area contributed by atoms with Gasteiger partial charge in [0.05, 0.1) is 13.0 Å². The highest BCUT2D eigenvalue weighted by atomic mass is 16.5. The number of rotatable bonds is 17. The van der Waals surface area contributed by atoms with Gasteiger partial charge in [0.25, 0.3) is 0 Å². The summed E-state index contributed by atoms with van der Waals surface area (Å²) >= 11 is 0. The predicted molar refractivity (Wildman–Crippen MR) is 223 cm³/mol. The van der Waals surface area contributed by atoms with Crippen molar-refractivity contribution in [3.8, 4) is 11.5 Å². The van der Waals surface area contributed by atoms with Gasteiger partial charge in [-0.2, -0.15) is 0 Å².